The van der Waals surface area contributed by atoms with Gasteiger partial charge in [-0.1, -0.05) is 64.4 Å². The summed E-state index contributed by atoms with van der Waals surface area (Å²) in [5.41, 5.74) is 0.756. The van der Waals surface area contributed by atoms with Crippen molar-refractivity contribution in [3.63, 3.8) is 0 Å². The number of esters is 1. The van der Waals surface area contributed by atoms with Crippen LogP contribution in [0.3, 0.4) is 0 Å². The number of hydrogen-bond donors (Lipinski definition) is 3. The lowest BCUT2D eigenvalue weighted by atomic mass is 9.85. The Kier molecular flexibility index (Phi) is 13.1. The molecule has 2 heterocycles. The van der Waals surface area contributed by atoms with E-state index < -0.39 is 24.4 Å². The molecule has 2 saturated heterocycles. The molecule has 0 amide bonds. The number of unbranched alkanes of at least 4 members (excludes halogenated alkanes) is 7. The molecule has 8 atom stereocenters. The summed E-state index contributed by atoms with van der Waals surface area (Å²) < 4.78 is 16.8. The highest BCUT2D eigenvalue weighted by atomic mass is 16.6. The number of rotatable bonds is 16. The van der Waals surface area contributed by atoms with Crippen LogP contribution in [0.1, 0.15) is 91.9 Å². The highest BCUT2D eigenvalue weighted by Crippen LogP contribution is 2.38. The van der Waals surface area contributed by atoms with Gasteiger partial charge in [0.25, 0.3) is 0 Å². The van der Waals surface area contributed by atoms with Gasteiger partial charge in [0.15, 0.2) is 0 Å². The van der Waals surface area contributed by atoms with Crippen LogP contribution in [-0.2, 0) is 19.0 Å². The van der Waals surface area contributed by atoms with E-state index in [0.717, 1.165) is 18.4 Å². The highest BCUT2D eigenvalue weighted by molar-refractivity contribution is 5.82. The third-order valence-corrected chi connectivity index (χ3v) is 7.30. The van der Waals surface area contributed by atoms with Crippen LogP contribution in [0.25, 0.3) is 0 Å². The molecule has 7 nitrogen and oxygen atoms in total. The molecule has 2 rings (SSSR count). The second-order valence-corrected chi connectivity index (χ2v) is 10.4. The van der Waals surface area contributed by atoms with Crippen molar-refractivity contribution < 1.29 is 34.3 Å². The minimum atomic E-state index is -1.03. The van der Waals surface area contributed by atoms with Crippen LogP contribution < -0.4 is 0 Å². The zero-order valence-electron chi connectivity index (χ0n) is 21.7. The fourth-order valence-corrected chi connectivity index (χ4v) is 4.74. The summed E-state index contributed by atoms with van der Waals surface area (Å²) >= 11 is 0. The molecule has 0 aromatic rings. The summed E-state index contributed by atoms with van der Waals surface area (Å²) in [7, 11) is 0. The molecule has 34 heavy (non-hydrogen) atoms. The van der Waals surface area contributed by atoms with Crippen molar-refractivity contribution >= 4 is 5.97 Å². The number of carbonyl (C=O) groups excluding carboxylic acids is 1. The number of hydrogen-bond acceptors (Lipinski definition) is 7. The lowest BCUT2D eigenvalue weighted by molar-refractivity contribution is -0.165. The molecule has 0 radical (unpaired) electrons. The number of epoxide rings is 1. The quantitative estimate of drug-likeness (QED) is 0.132. The molecule has 2 fully saturated rings. The molecule has 0 spiro atoms. The Morgan fingerprint density at radius 3 is 2.32 bits per heavy atom. The Morgan fingerprint density at radius 2 is 1.68 bits per heavy atom. The van der Waals surface area contributed by atoms with Gasteiger partial charge in [0.2, 0.25) is 0 Å². The summed E-state index contributed by atoms with van der Waals surface area (Å²) in [5.74, 6) is -0.552. The Hall–Kier alpha value is -0.990. The Bertz CT molecular complexity index is 620. The fourth-order valence-electron chi connectivity index (χ4n) is 4.74. The van der Waals surface area contributed by atoms with Gasteiger partial charge in [-0.15, -0.1) is 0 Å². The average Bonchev–Trinajstić information content (AvgIpc) is 3.56. The largest absolute Gasteiger partial charge is 0.463 e. The summed E-state index contributed by atoms with van der Waals surface area (Å²) in [4.78, 5) is 12.1. The lowest BCUT2D eigenvalue weighted by Crippen LogP contribution is -2.50. The zero-order chi connectivity index (χ0) is 25.1. The Labute approximate surface area is 205 Å². The second-order valence-electron chi connectivity index (χ2n) is 10.4. The van der Waals surface area contributed by atoms with Gasteiger partial charge < -0.3 is 29.5 Å². The van der Waals surface area contributed by atoms with E-state index >= 15 is 0 Å². The topological polar surface area (TPSA) is 109 Å². The van der Waals surface area contributed by atoms with Crippen LogP contribution in [0.5, 0.6) is 0 Å². The predicted octanol–water partition coefficient (Wildman–Crippen LogP) is 3.92. The van der Waals surface area contributed by atoms with Gasteiger partial charge in [-0.25, -0.2) is 4.79 Å². The zero-order valence-corrected chi connectivity index (χ0v) is 21.7. The maximum atomic E-state index is 12.1. The van der Waals surface area contributed by atoms with Crippen molar-refractivity contribution in [1.29, 1.82) is 0 Å². The minimum Gasteiger partial charge on any atom is -0.463 e. The van der Waals surface area contributed by atoms with Gasteiger partial charge >= 0.3 is 5.97 Å². The molecule has 0 bridgehead atoms. The van der Waals surface area contributed by atoms with Crippen LogP contribution in [0, 0.1) is 11.8 Å². The van der Waals surface area contributed by atoms with E-state index in [4.69, 9.17) is 14.2 Å². The van der Waals surface area contributed by atoms with Crippen LogP contribution >= 0.6 is 0 Å². The SMILES string of the molecule is CCCCCCCCCCOC(=O)/C=C(\C)C[C@@H]1OC[C@H](C[C@@H]2O[C@H]2[C@@H](C)[C@H](C)O)[C@@H](O)[C@H]1O. The maximum Gasteiger partial charge on any atom is 0.330 e. The number of ether oxygens (including phenoxy) is 3. The van der Waals surface area contributed by atoms with Crippen LogP contribution in [-0.4, -0.2) is 71.1 Å². The summed E-state index contributed by atoms with van der Waals surface area (Å²) in [6.07, 6.45) is 9.00. The van der Waals surface area contributed by atoms with E-state index in [-0.39, 0.29) is 30.0 Å². The minimum absolute atomic E-state index is 0.0101. The first-order chi connectivity index (χ1) is 16.2. The van der Waals surface area contributed by atoms with Crippen molar-refractivity contribution in [1.82, 2.24) is 0 Å². The molecule has 0 saturated carbocycles. The van der Waals surface area contributed by atoms with E-state index in [1.54, 1.807) is 6.92 Å². The monoisotopic (exact) mass is 484 g/mol. The number of aliphatic hydroxyl groups is 3. The molecule has 0 aromatic heterocycles. The second kappa shape index (κ2) is 15.2. The van der Waals surface area contributed by atoms with Gasteiger partial charge in [0.05, 0.1) is 43.7 Å². The molecule has 7 heteroatoms. The van der Waals surface area contributed by atoms with Gasteiger partial charge in [0.1, 0.15) is 6.10 Å². The van der Waals surface area contributed by atoms with Crippen molar-refractivity contribution in [2.24, 2.45) is 11.8 Å². The number of carbonyl (C=O) groups is 1. The molecule has 198 valence electrons. The summed E-state index contributed by atoms with van der Waals surface area (Å²) in [6.45, 7) is 8.48. The summed E-state index contributed by atoms with van der Waals surface area (Å²) in [5, 5.41) is 30.9. The molecule has 0 unspecified atom stereocenters. The van der Waals surface area contributed by atoms with E-state index in [0.29, 0.717) is 26.1 Å². The maximum absolute atomic E-state index is 12.1. The van der Waals surface area contributed by atoms with Crippen molar-refractivity contribution in [3.8, 4) is 0 Å². The van der Waals surface area contributed by atoms with E-state index in [9.17, 15) is 20.1 Å². The third kappa shape index (κ3) is 9.94. The molecular weight excluding hydrogens is 436 g/mol. The smallest absolute Gasteiger partial charge is 0.330 e. The van der Waals surface area contributed by atoms with Gasteiger partial charge in [-0.3, -0.25) is 0 Å². The van der Waals surface area contributed by atoms with E-state index in [2.05, 4.69) is 6.92 Å². The first kappa shape index (κ1) is 29.2. The van der Waals surface area contributed by atoms with Gasteiger partial charge in [-0.2, -0.15) is 0 Å². The first-order valence-electron chi connectivity index (χ1n) is 13.4. The normalized spacial score (nSPS) is 31.2. The van der Waals surface area contributed by atoms with Crippen molar-refractivity contribution in [2.75, 3.05) is 13.2 Å². The van der Waals surface area contributed by atoms with Gasteiger partial charge in [-0.05, 0) is 33.1 Å². The molecule has 0 aromatic carbocycles. The molecule has 2 aliphatic heterocycles. The standard InChI is InChI=1S/C27H48O7/c1-5-6-7-8-9-10-11-12-13-32-24(29)15-18(2)14-22-26(31)25(30)21(17-33-22)16-23-27(34-23)19(3)20(4)28/h15,19-23,25-28,30-31H,5-14,16-17H2,1-4H3/b18-15+/t19-,20-,21-,22-,23-,25+,26-,27-/m0/s1. The van der Waals surface area contributed by atoms with Crippen molar-refractivity contribution in [2.45, 2.75) is 129 Å². The van der Waals surface area contributed by atoms with Gasteiger partial charge in [0, 0.05) is 17.9 Å². The van der Waals surface area contributed by atoms with Crippen LogP contribution in [0.15, 0.2) is 11.6 Å². The fraction of sp³-hybridized carbons (Fsp3) is 0.889. The van der Waals surface area contributed by atoms with Crippen LogP contribution in [0.4, 0.5) is 0 Å². The molecule has 2 aliphatic rings. The molecule has 0 aliphatic carbocycles. The Balaban J connectivity index is 1.63. The molecule has 3 N–H and O–H groups in total. The average molecular weight is 485 g/mol. The van der Waals surface area contributed by atoms with E-state index in [1.807, 2.05) is 13.8 Å². The Morgan fingerprint density at radius 1 is 1.03 bits per heavy atom. The van der Waals surface area contributed by atoms with E-state index in [1.165, 1.54) is 44.6 Å². The number of aliphatic hydroxyl groups excluding tert-OH is 3. The summed E-state index contributed by atoms with van der Waals surface area (Å²) in [6, 6.07) is 0. The predicted molar refractivity (Wildman–Crippen MR) is 131 cm³/mol. The third-order valence-electron chi connectivity index (χ3n) is 7.30. The first-order valence-corrected chi connectivity index (χ1v) is 13.4. The molecular formula is C27H48O7. The lowest BCUT2D eigenvalue weighted by Gasteiger charge is -2.38. The highest BCUT2D eigenvalue weighted by Gasteiger charge is 2.48. The van der Waals surface area contributed by atoms with Crippen molar-refractivity contribution in [3.05, 3.63) is 11.6 Å². The van der Waals surface area contributed by atoms with Crippen LogP contribution in [0.2, 0.25) is 0 Å².